The minimum Gasteiger partial charge on any atom is -0.381 e. The fourth-order valence-corrected chi connectivity index (χ4v) is 2.16. The van der Waals surface area contributed by atoms with Crippen LogP contribution in [0.3, 0.4) is 0 Å². The van der Waals surface area contributed by atoms with E-state index < -0.39 is 0 Å². The zero-order valence-electron chi connectivity index (χ0n) is 11.5. The Bertz CT molecular complexity index is 432. The van der Waals surface area contributed by atoms with Gasteiger partial charge in [-0.3, -0.25) is 4.79 Å². The van der Waals surface area contributed by atoms with Crippen LogP contribution >= 0.6 is 0 Å². The minimum absolute atomic E-state index is 0.00481. The van der Waals surface area contributed by atoms with Crippen molar-refractivity contribution in [3.05, 3.63) is 34.9 Å². The number of hydrogen-bond donors (Lipinski definition) is 2. The summed E-state index contributed by atoms with van der Waals surface area (Å²) in [6, 6.07) is 5.92. The van der Waals surface area contributed by atoms with Crippen molar-refractivity contribution in [3.63, 3.8) is 0 Å². The number of rotatable bonds is 7. The molecular formula is C15H22N2O2. The Morgan fingerprint density at radius 3 is 3.00 bits per heavy atom. The first kappa shape index (κ1) is 14.0. The van der Waals surface area contributed by atoms with E-state index in [0.29, 0.717) is 13.2 Å². The predicted molar refractivity (Wildman–Crippen MR) is 75.0 cm³/mol. The van der Waals surface area contributed by atoms with Gasteiger partial charge in [0.15, 0.2) is 0 Å². The van der Waals surface area contributed by atoms with Crippen molar-refractivity contribution >= 4 is 5.91 Å². The molecule has 104 valence electrons. The summed E-state index contributed by atoms with van der Waals surface area (Å²) < 4.78 is 5.37. The lowest BCUT2D eigenvalue weighted by Crippen LogP contribution is -2.25. The Labute approximate surface area is 114 Å². The van der Waals surface area contributed by atoms with Crippen molar-refractivity contribution < 1.29 is 9.53 Å². The second kappa shape index (κ2) is 7.26. The first-order chi connectivity index (χ1) is 9.31. The van der Waals surface area contributed by atoms with Gasteiger partial charge in [-0.1, -0.05) is 13.0 Å². The molecule has 0 unspecified atom stereocenters. The summed E-state index contributed by atoms with van der Waals surface area (Å²) in [5, 5.41) is 6.21. The molecule has 1 aliphatic heterocycles. The molecule has 0 atom stereocenters. The molecule has 1 amide bonds. The molecule has 0 aromatic heterocycles. The summed E-state index contributed by atoms with van der Waals surface area (Å²) in [5.74, 6) is 0.00481. The van der Waals surface area contributed by atoms with Crippen LogP contribution in [0.5, 0.6) is 0 Å². The van der Waals surface area contributed by atoms with E-state index >= 15 is 0 Å². The molecule has 1 aromatic rings. The van der Waals surface area contributed by atoms with Crippen LogP contribution in [0.2, 0.25) is 0 Å². The molecule has 1 aromatic carbocycles. The van der Waals surface area contributed by atoms with Crippen LogP contribution in [0, 0.1) is 0 Å². The summed E-state index contributed by atoms with van der Waals surface area (Å²) in [6.07, 6.45) is 1.90. The van der Waals surface area contributed by atoms with E-state index in [4.69, 9.17) is 4.74 Å². The van der Waals surface area contributed by atoms with Crippen molar-refractivity contribution in [1.29, 1.82) is 0 Å². The van der Waals surface area contributed by atoms with Crippen LogP contribution in [-0.4, -0.2) is 25.7 Å². The van der Waals surface area contributed by atoms with Crippen LogP contribution in [-0.2, 0) is 17.8 Å². The fraction of sp³-hybridized carbons (Fsp3) is 0.533. The van der Waals surface area contributed by atoms with E-state index in [-0.39, 0.29) is 5.91 Å². The number of carbonyl (C=O) groups is 1. The van der Waals surface area contributed by atoms with Gasteiger partial charge in [0.1, 0.15) is 0 Å². The van der Waals surface area contributed by atoms with Crippen molar-refractivity contribution in [2.45, 2.75) is 32.9 Å². The van der Waals surface area contributed by atoms with Gasteiger partial charge in [0, 0.05) is 38.4 Å². The molecule has 19 heavy (non-hydrogen) atoms. The third-order valence-electron chi connectivity index (χ3n) is 3.20. The molecule has 0 saturated heterocycles. The number of nitrogens with one attached hydrogen (secondary N) is 2. The zero-order valence-corrected chi connectivity index (χ0v) is 11.5. The van der Waals surface area contributed by atoms with Gasteiger partial charge < -0.3 is 15.4 Å². The van der Waals surface area contributed by atoms with Crippen LogP contribution in [0.1, 0.15) is 41.3 Å². The molecule has 4 nitrogen and oxygen atoms in total. The van der Waals surface area contributed by atoms with Gasteiger partial charge in [-0.25, -0.2) is 0 Å². The Hall–Kier alpha value is -1.39. The second-order valence-corrected chi connectivity index (χ2v) is 4.81. The van der Waals surface area contributed by atoms with E-state index in [1.54, 1.807) is 0 Å². The number of carbonyl (C=O) groups excluding carboxylic acids is 1. The summed E-state index contributed by atoms with van der Waals surface area (Å²) >= 11 is 0. The maximum atomic E-state index is 12.0. The van der Waals surface area contributed by atoms with Crippen LogP contribution in [0.25, 0.3) is 0 Å². The molecule has 0 bridgehead atoms. The number of fused-ring (bicyclic) bond motifs is 1. The summed E-state index contributed by atoms with van der Waals surface area (Å²) in [4.78, 5) is 12.0. The first-order valence-corrected chi connectivity index (χ1v) is 6.99. The molecule has 0 saturated carbocycles. The predicted octanol–water partition coefficient (Wildman–Crippen LogP) is 1.84. The number of ether oxygens (including phenoxy) is 1. The number of amides is 1. The minimum atomic E-state index is 0.00481. The van der Waals surface area contributed by atoms with Gasteiger partial charge in [-0.15, -0.1) is 0 Å². The normalized spacial score (nSPS) is 13.3. The molecule has 0 aliphatic carbocycles. The fourth-order valence-electron chi connectivity index (χ4n) is 2.16. The van der Waals surface area contributed by atoms with E-state index in [1.807, 2.05) is 18.2 Å². The second-order valence-electron chi connectivity index (χ2n) is 4.81. The van der Waals surface area contributed by atoms with E-state index in [9.17, 15) is 4.79 Å². The first-order valence-electron chi connectivity index (χ1n) is 6.99. The molecule has 2 rings (SSSR count). The Morgan fingerprint density at radius 1 is 1.32 bits per heavy atom. The Morgan fingerprint density at radius 2 is 2.16 bits per heavy atom. The maximum absolute atomic E-state index is 12.0. The third kappa shape index (κ3) is 4.04. The molecule has 0 spiro atoms. The van der Waals surface area contributed by atoms with Gasteiger partial charge in [0.25, 0.3) is 5.91 Å². The van der Waals surface area contributed by atoms with Gasteiger partial charge >= 0.3 is 0 Å². The van der Waals surface area contributed by atoms with Crippen molar-refractivity contribution in [2.75, 3.05) is 19.8 Å². The van der Waals surface area contributed by atoms with E-state index in [1.165, 1.54) is 11.1 Å². The zero-order chi connectivity index (χ0) is 13.5. The SMILES string of the molecule is CCCOCCCNC(=O)c1ccc2c(c1)CNC2. The highest BCUT2D eigenvalue weighted by atomic mass is 16.5. The number of benzene rings is 1. The summed E-state index contributed by atoms with van der Waals surface area (Å²) in [5.41, 5.74) is 3.28. The highest BCUT2D eigenvalue weighted by molar-refractivity contribution is 5.94. The summed E-state index contributed by atoms with van der Waals surface area (Å²) in [6.45, 7) is 6.03. The standard InChI is InChI=1S/C15H22N2O2/c1-2-7-19-8-3-6-17-15(18)12-4-5-13-10-16-11-14(13)9-12/h4-5,9,16H,2-3,6-8,10-11H2,1H3,(H,17,18). The van der Waals surface area contributed by atoms with Crippen LogP contribution in [0.15, 0.2) is 18.2 Å². The molecule has 2 N–H and O–H groups in total. The van der Waals surface area contributed by atoms with E-state index in [2.05, 4.69) is 17.6 Å². The third-order valence-corrected chi connectivity index (χ3v) is 3.20. The monoisotopic (exact) mass is 262 g/mol. The van der Waals surface area contributed by atoms with Gasteiger partial charge in [-0.05, 0) is 36.1 Å². The van der Waals surface area contributed by atoms with Crippen molar-refractivity contribution in [2.24, 2.45) is 0 Å². The summed E-state index contributed by atoms with van der Waals surface area (Å²) in [7, 11) is 0. The van der Waals surface area contributed by atoms with Crippen LogP contribution in [0.4, 0.5) is 0 Å². The maximum Gasteiger partial charge on any atom is 0.251 e. The molecular weight excluding hydrogens is 240 g/mol. The van der Waals surface area contributed by atoms with Crippen molar-refractivity contribution in [3.8, 4) is 0 Å². The molecule has 1 aliphatic rings. The Kier molecular flexibility index (Phi) is 5.36. The van der Waals surface area contributed by atoms with Crippen molar-refractivity contribution in [1.82, 2.24) is 10.6 Å². The molecule has 0 radical (unpaired) electrons. The molecule has 1 heterocycles. The lowest BCUT2D eigenvalue weighted by molar-refractivity contribution is 0.0941. The molecule has 4 heteroatoms. The Balaban J connectivity index is 1.74. The van der Waals surface area contributed by atoms with Gasteiger partial charge in [-0.2, -0.15) is 0 Å². The average molecular weight is 262 g/mol. The largest absolute Gasteiger partial charge is 0.381 e. The average Bonchev–Trinajstić information content (AvgIpc) is 2.89. The number of hydrogen-bond acceptors (Lipinski definition) is 3. The smallest absolute Gasteiger partial charge is 0.251 e. The van der Waals surface area contributed by atoms with Crippen LogP contribution < -0.4 is 10.6 Å². The lowest BCUT2D eigenvalue weighted by Gasteiger charge is -2.07. The molecule has 0 fully saturated rings. The topological polar surface area (TPSA) is 50.4 Å². The highest BCUT2D eigenvalue weighted by Gasteiger charge is 2.12. The highest BCUT2D eigenvalue weighted by Crippen LogP contribution is 2.16. The lowest BCUT2D eigenvalue weighted by atomic mass is 10.1. The quantitative estimate of drug-likeness (QED) is 0.737. The van der Waals surface area contributed by atoms with Gasteiger partial charge in [0.2, 0.25) is 0 Å². The van der Waals surface area contributed by atoms with Gasteiger partial charge in [0.05, 0.1) is 0 Å². The van der Waals surface area contributed by atoms with E-state index in [0.717, 1.165) is 38.1 Å².